The number of amides is 3. The Labute approximate surface area is 156 Å². The molecule has 2 aromatic carbocycles. The van der Waals surface area contributed by atoms with Crippen molar-refractivity contribution < 1.29 is 9.59 Å². The maximum Gasteiger partial charge on any atom is 0.321 e. The van der Waals surface area contributed by atoms with Gasteiger partial charge in [0.05, 0.1) is 0 Å². The number of halogens is 2. The molecule has 0 bridgehead atoms. The van der Waals surface area contributed by atoms with Crippen molar-refractivity contribution in [2.24, 2.45) is 0 Å². The van der Waals surface area contributed by atoms with Gasteiger partial charge in [0.1, 0.15) is 6.04 Å². The third kappa shape index (κ3) is 5.19. The number of benzene rings is 2. The van der Waals surface area contributed by atoms with E-state index in [4.69, 9.17) is 23.2 Å². The van der Waals surface area contributed by atoms with Crippen LogP contribution in [0.15, 0.2) is 48.5 Å². The third-order valence-corrected chi connectivity index (χ3v) is 4.29. The highest BCUT2D eigenvalue weighted by Crippen LogP contribution is 2.26. The first-order chi connectivity index (χ1) is 11.9. The summed E-state index contributed by atoms with van der Waals surface area (Å²) in [5, 5.41) is 5.79. The van der Waals surface area contributed by atoms with E-state index in [1.807, 2.05) is 41.3 Å². The Morgan fingerprint density at radius 3 is 2.40 bits per heavy atom. The molecule has 7 heteroatoms. The average molecular weight is 380 g/mol. The molecule has 2 N–H and O–H groups in total. The number of rotatable bonds is 5. The van der Waals surface area contributed by atoms with Crippen molar-refractivity contribution in [1.29, 1.82) is 0 Å². The zero-order valence-electron chi connectivity index (χ0n) is 13.9. The zero-order chi connectivity index (χ0) is 18.4. The van der Waals surface area contributed by atoms with Crippen LogP contribution in [0.1, 0.15) is 17.2 Å². The number of hydrogen-bond acceptors (Lipinski definition) is 3. The van der Waals surface area contributed by atoms with E-state index < -0.39 is 18.0 Å². The minimum absolute atomic E-state index is 0.413. The lowest BCUT2D eigenvalue weighted by Gasteiger charge is -2.27. The molecular weight excluding hydrogens is 361 g/mol. The topological polar surface area (TPSA) is 61.4 Å². The van der Waals surface area contributed by atoms with Gasteiger partial charge in [-0.2, -0.15) is 0 Å². The summed E-state index contributed by atoms with van der Waals surface area (Å²) in [7, 11) is 3.25. The molecule has 0 radical (unpaired) electrons. The van der Waals surface area contributed by atoms with Gasteiger partial charge in [0.15, 0.2) is 0 Å². The summed E-state index contributed by atoms with van der Waals surface area (Å²) >= 11 is 12.2. The smallest absolute Gasteiger partial charge is 0.321 e. The van der Waals surface area contributed by atoms with E-state index in [0.29, 0.717) is 16.6 Å². The van der Waals surface area contributed by atoms with Crippen LogP contribution in [0.3, 0.4) is 0 Å². The summed E-state index contributed by atoms with van der Waals surface area (Å²) in [6.45, 7) is 0.413. The standard InChI is InChI=1S/C18H19Cl2N3O2/c1-21-18(25)22-17(24)16(12-6-4-3-5-7-12)23(2)11-13-8-9-14(19)10-15(13)20/h3-10,16H,11H2,1-2H3,(H2,21,22,24,25)/t16-/m0/s1. The number of urea groups is 1. The van der Waals surface area contributed by atoms with Gasteiger partial charge in [-0.3, -0.25) is 15.0 Å². The second-order valence-electron chi connectivity index (χ2n) is 5.53. The summed E-state index contributed by atoms with van der Waals surface area (Å²) in [6.07, 6.45) is 0. The molecule has 0 saturated carbocycles. The second kappa shape index (κ2) is 8.85. The minimum atomic E-state index is -0.648. The van der Waals surface area contributed by atoms with Gasteiger partial charge in [0.2, 0.25) is 5.91 Å². The summed E-state index contributed by atoms with van der Waals surface area (Å²) in [5.74, 6) is -0.418. The van der Waals surface area contributed by atoms with Crippen molar-refractivity contribution in [2.75, 3.05) is 14.1 Å². The Morgan fingerprint density at radius 2 is 1.80 bits per heavy atom. The zero-order valence-corrected chi connectivity index (χ0v) is 15.4. The maximum atomic E-state index is 12.6. The fourth-order valence-corrected chi connectivity index (χ4v) is 2.96. The van der Waals surface area contributed by atoms with Gasteiger partial charge in [-0.1, -0.05) is 59.6 Å². The van der Waals surface area contributed by atoms with E-state index in [0.717, 1.165) is 11.1 Å². The monoisotopic (exact) mass is 379 g/mol. The molecule has 1 atom stereocenters. The van der Waals surface area contributed by atoms with Gasteiger partial charge < -0.3 is 5.32 Å². The molecule has 0 aliphatic heterocycles. The van der Waals surface area contributed by atoms with Crippen LogP contribution in [0.25, 0.3) is 0 Å². The van der Waals surface area contributed by atoms with Crippen LogP contribution in [0.4, 0.5) is 4.79 Å². The summed E-state index contributed by atoms with van der Waals surface area (Å²) < 4.78 is 0. The molecule has 0 heterocycles. The Morgan fingerprint density at radius 1 is 1.12 bits per heavy atom. The van der Waals surface area contributed by atoms with Crippen LogP contribution >= 0.6 is 23.2 Å². The van der Waals surface area contributed by atoms with Crippen LogP contribution in [0.5, 0.6) is 0 Å². The molecule has 3 amide bonds. The van der Waals surface area contributed by atoms with E-state index >= 15 is 0 Å². The molecule has 0 spiro atoms. The summed E-state index contributed by atoms with van der Waals surface area (Å²) in [6, 6.07) is 13.3. The van der Waals surface area contributed by atoms with Gasteiger partial charge in [-0.15, -0.1) is 0 Å². The normalized spacial score (nSPS) is 11.9. The number of nitrogens with one attached hydrogen (secondary N) is 2. The van der Waals surface area contributed by atoms with E-state index in [1.54, 1.807) is 19.2 Å². The molecule has 5 nitrogen and oxygen atoms in total. The average Bonchev–Trinajstić information content (AvgIpc) is 2.58. The molecule has 0 fully saturated rings. The van der Waals surface area contributed by atoms with Crippen LogP contribution in [-0.2, 0) is 11.3 Å². The Bertz CT molecular complexity index is 753. The molecule has 25 heavy (non-hydrogen) atoms. The predicted octanol–water partition coefficient (Wildman–Crippen LogP) is 3.62. The number of hydrogen-bond donors (Lipinski definition) is 2. The Balaban J connectivity index is 2.27. The van der Waals surface area contributed by atoms with E-state index in [-0.39, 0.29) is 0 Å². The Kier molecular flexibility index (Phi) is 6.82. The number of imide groups is 1. The van der Waals surface area contributed by atoms with E-state index in [2.05, 4.69) is 10.6 Å². The highest BCUT2D eigenvalue weighted by atomic mass is 35.5. The van der Waals surface area contributed by atoms with Crippen LogP contribution < -0.4 is 10.6 Å². The van der Waals surface area contributed by atoms with Gasteiger partial charge in [0.25, 0.3) is 0 Å². The largest absolute Gasteiger partial charge is 0.341 e. The highest BCUT2D eigenvalue weighted by Gasteiger charge is 2.26. The molecule has 0 aliphatic rings. The van der Waals surface area contributed by atoms with Gasteiger partial charge in [-0.05, 0) is 30.3 Å². The predicted molar refractivity (Wildman–Crippen MR) is 99.7 cm³/mol. The SMILES string of the molecule is CNC(=O)NC(=O)[C@H](c1ccccc1)N(C)Cc1ccc(Cl)cc1Cl. The van der Waals surface area contributed by atoms with Crippen molar-refractivity contribution in [3.8, 4) is 0 Å². The molecule has 0 aromatic heterocycles. The third-order valence-electron chi connectivity index (χ3n) is 3.70. The van der Waals surface area contributed by atoms with E-state index in [1.165, 1.54) is 7.05 Å². The van der Waals surface area contributed by atoms with E-state index in [9.17, 15) is 9.59 Å². The fourth-order valence-electron chi connectivity index (χ4n) is 2.49. The number of carbonyl (C=O) groups is 2. The van der Waals surface area contributed by atoms with Gasteiger partial charge in [0, 0.05) is 23.6 Å². The van der Waals surface area contributed by atoms with Crippen LogP contribution in [0.2, 0.25) is 10.0 Å². The van der Waals surface area contributed by atoms with Crippen molar-refractivity contribution in [3.63, 3.8) is 0 Å². The van der Waals surface area contributed by atoms with Crippen LogP contribution in [-0.4, -0.2) is 30.9 Å². The lowest BCUT2D eigenvalue weighted by Crippen LogP contribution is -2.44. The molecule has 0 aliphatic carbocycles. The Hall–Kier alpha value is -2.08. The first-order valence-corrected chi connectivity index (χ1v) is 8.39. The number of nitrogens with zero attached hydrogens (tertiary/aromatic N) is 1. The second-order valence-corrected chi connectivity index (χ2v) is 6.38. The summed E-state index contributed by atoms with van der Waals surface area (Å²) in [4.78, 5) is 26.0. The first kappa shape index (κ1) is 19.2. The van der Waals surface area contributed by atoms with Crippen molar-refractivity contribution in [3.05, 3.63) is 69.7 Å². The first-order valence-electron chi connectivity index (χ1n) is 7.64. The fraction of sp³-hybridized carbons (Fsp3) is 0.222. The number of likely N-dealkylation sites (N-methyl/N-ethyl adjacent to an activating group) is 1. The lowest BCUT2D eigenvalue weighted by atomic mass is 10.0. The molecule has 2 aromatic rings. The van der Waals surface area contributed by atoms with Crippen molar-refractivity contribution in [1.82, 2.24) is 15.5 Å². The maximum absolute atomic E-state index is 12.6. The summed E-state index contributed by atoms with van der Waals surface area (Å²) in [5.41, 5.74) is 1.61. The van der Waals surface area contributed by atoms with Gasteiger partial charge >= 0.3 is 6.03 Å². The highest BCUT2D eigenvalue weighted by molar-refractivity contribution is 6.35. The van der Waals surface area contributed by atoms with Crippen molar-refractivity contribution in [2.45, 2.75) is 12.6 Å². The molecule has 132 valence electrons. The number of carbonyl (C=O) groups excluding carboxylic acids is 2. The molecule has 2 rings (SSSR count). The van der Waals surface area contributed by atoms with Gasteiger partial charge in [-0.25, -0.2) is 4.79 Å². The van der Waals surface area contributed by atoms with Crippen LogP contribution in [0, 0.1) is 0 Å². The molecular formula is C18H19Cl2N3O2. The molecule has 0 unspecified atom stereocenters. The quantitative estimate of drug-likeness (QED) is 0.833. The molecule has 0 saturated heterocycles. The van der Waals surface area contributed by atoms with Crippen molar-refractivity contribution >= 4 is 35.1 Å². The lowest BCUT2D eigenvalue weighted by molar-refractivity contribution is -0.125. The minimum Gasteiger partial charge on any atom is -0.341 e.